The van der Waals surface area contributed by atoms with Crippen LogP contribution in [0, 0.1) is 0 Å². The molecule has 1 amide bonds. The van der Waals surface area contributed by atoms with Crippen LogP contribution >= 0.6 is 11.3 Å². The summed E-state index contributed by atoms with van der Waals surface area (Å²) in [7, 11) is 0. The molecule has 3 N–H and O–H groups in total. The molecule has 0 saturated carbocycles. The highest BCUT2D eigenvalue weighted by Gasteiger charge is 2.10. The van der Waals surface area contributed by atoms with Gasteiger partial charge in [-0.3, -0.25) is 4.79 Å². The summed E-state index contributed by atoms with van der Waals surface area (Å²) in [5, 5.41) is 13.3. The average Bonchev–Trinajstić information content (AvgIpc) is 2.86. The summed E-state index contributed by atoms with van der Waals surface area (Å²) in [4.78, 5) is 21.7. The number of nitrogens with zero attached hydrogens (tertiary/aromatic N) is 2. The molecule has 7 heteroatoms. The first-order chi connectivity index (χ1) is 7.58. The second-order valence-corrected chi connectivity index (χ2v) is 4.02. The number of aromatic carboxylic acids is 1. The molecule has 2 aromatic rings. The Balaban J connectivity index is 2.35. The minimum atomic E-state index is -0.987. The van der Waals surface area contributed by atoms with Gasteiger partial charge in [0.25, 0.3) is 5.91 Å². The Morgan fingerprint density at radius 2 is 2.12 bits per heavy atom. The van der Waals surface area contributed by atoms with Crippen molar-refractivity contribution in [3.8, 4) is 5.00 Å². The fourth-order valence-electron chi connectivity index (χ4n) is 1.14. The summed E-state index contributed by atoms with van der Waals surface area (Å²) >= 11 is 1.07. The van der Waals surface area contributed by atoms with E-state index in [-0.39, 0.29) is 10.6 Å². The van der Waals surface area contributed by atoms with Gasteiger partial charge in [0.15, 0.2) is 0 Å². The first-order valence-electron chi connectivity index (χ1n) is 4.27. The van der Waals surface area contributed by atoms with E-state index in [1.165, 1.54) is 16.8 Å². The van der Waals surface area contributed by atoms with E-state index in [2.05, 4.69) is 5.10 Å². The Morgan fingerprint density at radius 1 is 1.38 bits per heavy atom. The van der Waals surface area contributed by atoms with Crippen LogP contribution in [0.4, 0.5) is 0 Å². The molecule has 0 aliphatic carbocycles. The summed E-state index contributed by atoms with van der Waals surface area (Å²) in [6, 6.07) is 4.57. The van der Waals surface area contributed by atoms with Crippen molar-refractivity contribution in [1.29, 1.82) is 0 Å². The summed E-state index contributed by atoms with van der Waals surface area (Å²) in [6.45, 7) is 0. The van der Waals surface area contributed by atoms with E-state index in [1.54, 1.807) is 12.3 Å². The van der Waals surface area contributed by atoms with Gasteiger partial charge in [0.2, 0.25) is 0 Å². The highest BCUT2D eigenvalue weighted by atomic mass is 32.1. The number of hydrogen-bond acceptors (Lipinski definition) is 4. The Labute approximate surface area is 93.9 Å². The molecule has 0 aromatic carbocycles. The number of carbonyl (C=O) groups excluding carboxylic acids is 1. The minimum Gasteiger partial charge on any atom is -0.477 e. The maximum Gasteiger partial charge on any atom is 0.345 e. The lowest BCUT2D eigenvalue weighted by Crippen LogP contribution is -2.12. The molecule has 0 atom stereocenters. The van der Waals surface area contributed by atoms with Crippen molar-refractivity contribution in [2.24, 2.45) is 5.73 Å². The Hall–Kier alpha value is -2.15. The highest BCUT2D eigenvalue weighted by Crippen LogP contribution is 2.20. The Kier molecular flexibility index (Phi) is 2.45. The quantitative estimate of drug-likeness (QED) is 0.822. The lowest BCUT2D eigenvalue weighted by atomic mass is 10.4. The van der Waals surface area contributed by atoms with Crippen LogP contribution in [-0.4, -0.2) is 26.8 Å². The lowest BCUT2D eigenvalue weighted by Gasteiger charge is -1.93. The van der Waals surface area contributed by atoms with Gasteiger partial charge in [0.05, 0.1) is 0 Å². The molecule has 2 heterocycles. The fourth-order valence-corrected chi connectivity index (χ4v) is 1.92. The first kappa shape index (κ1) is 10.4. The summed E-state index contributed by atoms with van der Waals surface area (Å²) in [5.74, 6) is -1.60. The second kappa shape index (κ2) is 3.78. The normalized spacial score (nSPS) is 10.2. The number of carbonyl (C=O) groups is 2. The van der Waals surface area contributed by atoms with Crippen LogP contribution in [0.5, 0.6) is 0 Å². The molecule has 2 rings (SSSR count). The second-order valence-electron chi connectivity index (χ2n) is 2.95. The first-order valence-corrected chi connectivity index (χ1v) is 5.08. The zero-order valence-corrected chi connectivity index (χ0v) is 8.77. The molecule has 0 spiro atoms. The summed E-state index contributed by atoms with van der Waals surface area (Å²) in [5.41, 5.74) is 5.20. The van der Waals surface area contributed by atoms with E-state index in [9.17, 15) is 9.59 Å². The van der Waals surface area contributed by atoms with Crippen molar-refractivity contribution in [2.75, 3.05) is 0 Å². The zero-order valence-electron chi connectivity index (χ0n) is 7.95. The number of carboxylic acid groups (broad SMARTS) is 1. The van der Waals surface area contributed by atoms with Crippen molar-refractivity contribution in [2.45, 2.75) is 0 Å². The van der Waals surface area contributed by atoms with Gasteiger partial charge in [0.1, 0.15) is 15.6 Å². The number of hydrogen-bond donors (Lipinski definition) is 2. The fraction of sp³-hybridized carbons (Fsp3) is 0. The monoisotopic (exact) mass is 237 g/mol. The molecule has 0 radical (unpaired) electrons. The Morgan fingerprint density at radius 3 is 2.62 bits per heavy atom. The van der Waals surface area contributed by atoms with Crippen molar-refractivity contribution < 1.29 is 14.7 Å². The van der Waals surface area contributed by atoms with Crippen LogP contribution < -0.4 is 5.73 Å². The van der Waals surface area contributed by atoms with Gasteiger partial charge in [-0.2, -0.15) is 5.10 Å². The number of thiophene rings is 1. The largest absolute Gasteiger partial charge is 0.477 e. The lowest BCUT2D eigenvalue weighted by molar-refractivity contribution is 0.0702. The van der Waals surface area contributed by atoms with E-state index >= 15 is 0 Å². The molecule has 16 heavy (non-hydrogen) atoms. The molecule has 82 valence electrons. The van der Waals surface area contributed by atoms with Crippen LogP contribution in [0.2, 0.25) is 0 Å². The molecule has 0 fully saturated rings. The summed E-state index contributed by atoms with van der Waals surface area (Å²) in [6.07, 6.45) is 1.55. The SMILES string of the molecule is NC(=O)c1ccn(-c2ccc(C(=O)O)s2)n1. The van der Waals surface area contributed by atoms with E-state index < -0.39 is 11.9 Å². The van der Waals surface area contributed by atoms with Crippen LogP contribution in [-0.2, 0) is 0 Å². The predicted octanol–water partition coefficient (Wildman–Crippen LogP) is 0.731. The molecule has 0 saturated heterocycles. The molecule has 0 aliphatic heterocycles. The third-order valence-corrected chi connectivity index (χ3v) is 2.93. The van der Waals surface area contributed by atoms with Crippen molar-refractivity contribution in [3.05, 3.63) is 35.0 Å². The van der Waals surface area contributed by atoms with E-state index in [4.69, 9.17) is 10.8 Å². The van der Waals surface area contributed by atoms with E-state index in [0.29, 0.717) is 5.00 Å². The molecule has 0 aliphatic rings. The molecule has 2 aromatic heterocycles. The number of rotatable bonds is 3. The third kappa shape index (κ3) is 1.80. The maximum atomic E-state index is 10.8. The van der Waals surface area contributed by atoms with Crippen LogP contribution in [0.3, 0.4) is 0 Å². The molecule has 0 bridgehead atoms. The number of carboxylic acids is 1. The molecule has 6 nitrogen and oxygen atoms in total. The molecule has 0 unspecified atom stereocenters. The van der Waals surface area contributed by atoms with Crippen LogP contribution in [0.1, 0.15) is 20.2 Å². The maximum absolute atomic E-state index is 10.8. The van der Waals surface area contributed by atoms with Crippen molar-refractivity contribution in [1.82, 2.24) is 9.78 Å². The Bertz CT molecular complexity index is 508. The van der Waals surface area contributed by atoms with Gasteiger partial charge < -0.3 is 10.8 Å². The standard InChI is InChI=1S/C9H7N3O3S/c10-8(13)5-3-4-12(11-5)7-2-1-6(16-7)9(14)15/h1-4H,(H2,10,13)(H,14,15). The molecular weight excluding hydrogens is 230 g/mol. The van der Waals surface area contributed by atoms with Gasteiger partial charge >= 0.3 is 5.97 Å². The van der Waals surface area contributed by atoms with Gasteiger partial charge in [-0.1, -0.05) is 0 Å². The van der Waals surface area contributed by atoms with Gasteiger partial charge in [-0.05, 0) is 18.2 Å². The van der Waals surface area contributed by atoms with Gasteiger partial charge in [0, 0.05) is 6.20 Å². The number of amides is 1. The van der Waals surface area contributed by atoms with Crippen LogP contribution in [0.25, 0.3) is 5.00 Å². The van der Waals surface area contributed by atoms with Gasteiger partial charge in [-0.15, -0.1) is 11.3 Å². The number of primary amides is 1. The van der Waals surface area contributed by atoms with Crippen LogP contribution in [0.15, 0.2) is 24.4 Å². The third-order valence-electron chi connectivity index (χ3n) is 1.87. The predicted molar refractivity (Wildman–Crippen MR) is 56.9 cm³/mol. The number of aromatic nitrogens is 2. The topological polar surface area (TPSA) is 98.2 Å². The minimum absolute atomic E-state index is 0.144. The molecular formula is C9H7N3O3S. The summed E-state index contributed by atoms with van der Waals surface area (Å²) < 4.78 is 1.41. The zero-order chi connectivity index (χ0) is 11.7. The van der Waals surface area contributed by atoms with Gasteiger partial charge in [-0.25, -0.2) is 9.48 Å². The highest BCUT2D eigenvalue weighted by molar-refractivity contribution is 7.16. The van der Waals surface area contributed by atoms with E-state index in [0.717, 1.165) is 11.3 Å². The number of nitrogens with two attached hydrogens (primary N) is 1. The van der Waals surface area contributed by atoms with Crippen molar-refractivity contribution in [3.63, 3.8) is 0 Å². The smallest absolute Gasteiger partial charge is 0.345 e. The van der Waals surface area contributed by atoms with Crippen molar-refractivity contribution >= 4 is 23.2 Å². The average molecular weight is 237 g/mol. The van der Waals surface area contributed by atoms with E-state index in [1.807, 2.05) is 0 Å².